The predicted molar refractivity (Wildman–Crippen MR) is 80.2 cm³/mol. The number of aromatic amines is 1. The number of aromatic nitrogens is 1. The molecule has 0 atom stereocenters. The van der Waals surface area contributed by atoms with E-state index in [0.29, 0.717) is 0 Å². The number of nitrogens with two attached hydrogens (primary N) is 1. The number of H-pyrrole nitrogens is 1. The number of nitrogens with one attached hydrogen (secondary N) is 1. The third-order valence-corrected chi connectivity index (χ3v) is 2.67. The van der Waals surface area contributed by atoms with Crippen LogP contribution in [0.3, 0.4) is 0 Å². The molecule has 3 rings (SSSR count). The van der Waals surface area contributed by atoms with E-state index in [1.807, 2.05) is 61.5 Å². The van der Waals surface area contributed by atoms with Crippen molar-refractivity contribution in [3.8, 4) is 0 Å². The Morgan fingerprint density at radius 2 is 1.58 bits per heavy atom. The lowest BCUT2D eigenvalue weighted by atomic mass is 10.2. The number of nitrogen functional groups attached to an aromatic ring is 1. The second kappa shape index (κ2) is 5.87. The Bertz CT molecular complexity index is 717. The van der Waals surface area contributed by atoms with Crippen molar-refractivity contribution < 1.29 is 0 Å². The molecule has 2 aromatic carbocycles. The minimum Gasteiger partial charge on any atom is -0.399 e. The van der Waals surface area contributed by atoms with Crippen molar-refractivity contribution in [1.82, 2.24) is 4.98 Å². The Labute approximate surface area is 111 Å². The maximum Gasteiger partial charge on any atom is 0.189 e. The van der Waals surface area contributed by atoms with Crippen LogP contribution in [0.25, 0.3) is 10.9 Å². The summed E-state index contributed by atoms with van der Waals surface area (Å²) >= 11 is 0. The number of anilines is 1. The summed E-state index contributed by atoms with van der Waals surface area (Å²) in [4.78, 5) is 14.5. The van der Waals surface area contributed by atoms with Crippen LogP contribution in [0.15, 0.2) is 65.5 Å². The quantitative estimate of drug-likeness (QED) is 0.604. The summed E-state index contributed by atoms with van der Waals surface area (Å²) in [5.74, 6) is 0. The van der Waals surface area contributed by atoms with Gasteiger partial charge in [0.25, 0.3) is 0 Å². The van der Waals surface area contributed by atoms with Crippen molar-refractivity contribution in [2.24, 2.45) is 0 Å². The Morgan fingerprint density at radius 3 is 2.21 bits per heavy atom. The second-order valence-electron chi connectivity index (χ2n) is 4.27. The summed E-state index contributed by atoms with van der Waals surface area (Å²) in [5.41, 5.74) is 8.07. The van der Waals surface area contributed by atoms with Crippen LogP contribution in [0.1, 0.15) is 5.69 Å². The Morgan fingerprint density at radius 1 is 0.947 bits per heavy atom. The first-order chi connectivity index (χ1) is 9.16. The smallest absolute Gasteiger partial charge is 0.189 e. The zero-order valence-corrected chi connectivity index (χ0v) is 10.8. The monoisotopic (exact) mass is 252 g/mol. The van der Waals surface area contributed by atoms with Gasteiger partial charge in [-0.1, -0.05) is 30.3 Å². The molecule has 3 N–H and O–H groups in total. The number of fused-ring (bicyclic) bond motifs is 1. The van der Waals surface area contributed by atoms with Gasteiger partial charge in [-0.05, 0) is 31.2 Å². The van der Waals surface area contributed by atoms with E-state index in [1.54, 1.807) is 6.07 Å². The average Bonchev–Trinajstić information content (AvgIpc) is 2.40. The fourth-order valence-electron chi connectivity index (χ4n) is 1.78. The van der Waals surface area contributed by atoms with Crippen molar-refractivity contribution in [1.29, 1.82) is 0 Å². The second-order valence-corrected chi connectivity index (χ2v) is 4.27. The molecule has 0 aliphatic carbocycles. The summed E-state index contributed by atoms with van der Waals surface area (Å²) in [7, 11) is 0. The first-order valence-corrected chi connectivity index (χ1v) is 6.06. The molecule has 0 saturated carbocycles. The lowest BCUT2D eigenvalue weighted by Gasteiger charge is -1.97. The van der Waals surface area contributed by atoms with Crippen molar-refractivity contribution in [3.05, 3.63) is 76.6 Å². The predicted octanol–water partition coefficient (Wildman–Crippen LogP) is 3.11. The highest BCUT2D eigenvalue weighted by Gasteiger charge is 1.96. The van der Waals surface area contributed by atoms with Crippen LogP contribution in [0, 0.1) is 6.92 Å². The molecule has 19 heavy (non-hydrogen) atoms. The van der Waals surface area contributed by atoms with Gasteiger partial charge in [-0.2, -0.15) is 0 Å². The maximum absolute atomic E-state index is 11.4. The number of pyridine rings is 1. The summed E-state index contributed by atoms with van der Waals surface area (Å²) < 4.78 is 0. The van der Waals surface area contributed by atoms with E-state index in [9.17, 15) is 4.79 Å². The molecule has 0 bridgehead atoms. The number of hydrogen-bond acceptors (Lipinski definition) is 2. The fraction of sp³-hybridized carbons (Fsp3) is 0.0625. The van der Waals surface area contributed by atoms with Crippen molar-refractivity contribution in [3.63, 3.8) is 0 Å². The molecule has 0 saturated heterocycles. The van der Waals surface area contributed by atoms with Crippen LogP contribution < -0.4 is 11.2 Å². The number of rotatable bonds is 0. The SMILES string of the molecule is Cc1cc(=O)c2ccccc2[nH]1.Nc1ccccc1. The molecule has 1 aromatic heterocycles. The molecular weight excluding hydrogens is 236 g/mol. The van der Waals surface area contributed by atoms with E-state index in [-0.39, 0.29) is 5.43 Å². The van der Waals surface area contributed by atoms with E-state index < -0.39 is 0 Å². The summed E-state index contributed by atoms with van der Waals surface area (Å²) in [6, 6.07) is 18.6. The topological polar surface area (TPSA) is 58.9 Å². The summed E-state index contributed by atoms with van der Waals surface area (Å²) in [5, 5.41) is 0.753. The van der Waals surface area contributed by atoms with Crippen LogP contribution in [0.4, 0.5) is 5.69 Å². The first kappa shape index (κ1) is 12.9. The van der Waals surface area contributed by atoms with E-state index in [0.717, 1.165) is 22.3 Å². The van der Waals surface area contributed by atoms with E-state index in [1.165, 1.54) is 0 Å². The number of hydrogen-bond donors (Lipinski definition) is 2. The van der Waals surface area contributed by atoms with E-state index >= 15 is 0 Å². The van der Waals surface area contributed by atoms with Gasteiger partial charge < -0.3 is 10.7 Å². The molecule has 0 unspecified atom stereocenters. The number of benzene rings is 2. The van der Waals surface area contributed by atoms with E-state index in [2.05, 4.69) is 4.98 Å². The standard InChI is InChI=1S/C10H9NO.C6H7N/c1-7-6-10(12)8-4-2-3-5-9(8)11-7;7-6-4-2-1-3-5-6/h2-6H,1H3,(H,11,12);1-5H,7H2. The largest absolute Gasteiger partial charge is 0.399 e. The van der Waals surface area contributed by atoms with Gasteiger partial charge in [0, 0.05) is 28.4 Å². The van der Waals surface area contributed by atoms with Crippen LogP contribution in [-0.4, -0.2) is 4.98 Å². The third-order valence-electron chi connectivity index (χ3n) is 2.67. The molecule has 96 valence electrons. The Hall–Kier alpha value is -2.55. The van der Waals surface area contributed by atoms with Crippen molar-refractivity contribution >= 4 is 16.6 Å². The van der Waals surface area contributed by atoms with Crippen molar-refractivity contribution in [2.45, 2.75) is 6.92 Å². The zero-order valence-electron chi connectivity index (χ0n) is 10.8. The summed E-state index contributed by atoms with van der Waals surface area (Å²) in [6.07, 6.45) is 0. The molecule has 0 aliphatic rings. The van der Waals surface area contributed by atoms with Gasteiger partial charge in [-0.3, -0.25) is 4.79 Å². The minimum absolute atomic E-state index is 0.0850. The van der Waals surface area contributed by atoms with Gasteiger partial charge in [0.05, 0.1) is 0 Å². The molecule has 3 heteroatoms. The highest BCUT2D eigenvalue weighted by Crippen LogP contribution is 2.05. The normalized spacial score (nSPS) is 9.74. The third kappa shape index (κ3) is 3.45. The highest BCUT2D eigenvalue weighted by atomic mass is 16.1. The molecule has 3 aromatic rings. The Kier molecular flexibility index (Phi) is 3.98. The van der Waals surface area contributed by atoms with Crippen LogP contribution in [0.5, 0.6) is 0 Å². The van der Waals surface area contributed by atoms with Gasteiger partial charge in [0.2, 0.25) is 0 Å². The number of aryl methyl sites for hydroxylation is 1. The molecule has 0 radical (unpaired) electrons. The van der Waals surface area contributed by atoms with Gasteiger partial charge in [0.15, 0.2) is 5.43 Å². The molecular formula is C16H16N2O. The molecule has 3 nitrogen and oxygen atoms in total. The minimum atomic E-state index is 0.0850. The lowest BCUT2D eigenvalue weighted by Crippen LogP contribution is -2.01. The molecule has 0 amide bonds. The maximum atomic E-state index is 11.4. The van der Waals surface area contributed by atoms with Gasteiger partial charge in [-0.25, -0.2) is 0 Å². The van der Waals surface area contributed by atoms with Crippen LogP contribution >= 0.6 is 0 Å². The molecule has 1 heterocycles. The van der Waals surface area contributed by atoms with E-state index in [4.69, 9.17) is 5.73 Å². The molecule has 0 spiro atoms. The Balaban J connectivity index is 0.000000163. The van der Waals surface area contributed by atoms with Gasteiger partial charge >= 0.3 is 0 Å². The summed E-state index contributed by atoms with van der Waals surface area (Å²) in [6.45, 7) is 1.88. The first-order valence-electron chi connectivity index (χ1n) is 6.06. The van der Waals surface area contributed by atoms with Crippen molar-refractivity contribution in [2.75, 3.05) is 5.73 Å². The molecule has 0 fully saturated rings. The number of para-hydroxylation sites is 2. The zero-order chi connectivity index (χ0) is 13.7. The highest BCUT2D eigenvalue weighted by molar-refractivity contribution is 5.78. The van der Waals surface area contributed by atoms with Gasteiger partial charge in [0.1, 0.15) is 0 Å². The lowest BCUT2D eigenvalue weighted by molar-refractivity contribution is 1.24. The molecule has 0 aliphatic heterocycles. The van der Waals surface area contributed by atoms with Gasteiger partial charge in [-0.15, -0.1) is 0 Å². The van der Waals surface area contributed by atoms with Crippen LogP contribution in [-0.2, 0) is 0 Å². The average molecular weight is 252 g/mol. The van der Waals surface area contributed by atoms with Crippen LogP contribution in [0.2, 0.25) is 0 Å². The fourth-order valence-corrected chi connectivity index (χ4v) is 1.78.